The van der Waals surface area contributed by atoms with Gasteiger partial charge in [-0.1, -0.05) is 25.5 Å². The van der Waals surface area contributed by atoms with Gasteiger partial charge in [-0.05, 0) is 56.2 Å². The number of aliphatic hydroxyl groups is 1. The van der Waals surface area contributed by atoms with Gasteiger partial charge in [-0.15, -0.1) is 0 Å². The number of hydrogen-bond acceptors (Lipinski definition) is 2. The molecule has 3 heteroatoms. The van der Waals surface area contributed by atoms with Crippen molar-refractivity contribution in [1.82, 2.24) is 5.32 Å². The Morgan fingerprint density at radius 2 is 1.90 bits per heavy atom. The lowest BCUT2D eigenvalue weighted by molar-refractivity contribution is -0.0103. The first-order chi connectivity index (χ1) is 9.52. The second-order valence-corrected chi connectivity index (χ2v) is 6.23. The van der Waals surface area contributed by atoms with Gasteiger partial charge in [-0.2, -0.15) is 0 Å². The zero-order valence-corrected chi connectivity index (χ0v) is 12.5. The Morgan fingerprint density at radius 1 is 1.30 bits per heavy atom. The fourth-order valence-electron chi connectivity index (χ4n) is 3.01. The van der Waals surface area contributed by atoms with Crippen molar-refractivity contribution in [3.05, 3.63) is 35.6 Å². The van der Waals surface area contributed by atoms with E-state index in [9.17, 15) is 9.50 Å². The summed E-state index contributed by atoms with van der Waals surface area (Å²) >= 11 is 0. The molecule has 0 aliphatic heterocycles. The minimum Gasteiger partial charge on any atom is -0.389 e. The molecule has 1 saturated carbocycles. The molecule has 2 rings (SSSR count). The highest BCUT2D eigenvalue weighted by atomic mass is 19.1. The summed E-state index contributed by atoms with van der Waals surface area (Å²) in [5.41, 5.74) is 0.484. The summed E-state index contributed by atoms with van der Waals surface area (Å²) < 4.78 is 12.9. The van der Waals surface area contributed by atoms with Crippen LogP contribution < -0.4 is 5.32 Å². The van der Waals surface area contributed by atoms with E-state index in [1.54, 1.807) is 12.1 Å². The lowest BCUT2D eigenvalue weighted by Crippen LogP contribution is -2.44. The summed E-state index contributed by atoms with van der Waals surface area (Å²) in [5.74, 6) is 0.572. The minimum absolute atomic E-state index is 0.128. The first-order valence-electron chi connectivity index (χ1n) is 7.73. The molecule has 1 unspecified atom stereocenters. The van der Waals surface area contributed by atoms with E-state index in [2.05, 4.69) is 12.2 Å². The molecule has 0 bridgehead atoms. The van der Waals surface area contributed by atoms with Crippen LogP contribution in [0, 0.1) is 11.7 Å². The van der Waals surface area contributed by atoms with Crippen molar-refractivity contribution in [3.8, 4) is 0 Å². The van der Waals surface area contributed by atoms with Crippen molar-refractivity contribution in [2.45, 2.75) is 57.6 Å². The van der Waals surface area contributed by atoms with E-state index in [0.29, 0.717) is 6.54 Å². The number of benzene rings is 1. The quantitative estimate of drug-likeness (QED) is 0.859. The molecule has 0 heterocycles. The van der Waals surface area contributed by atoms with Crippen molar-refractivity contribution < 1.29 is 9.50 Å². The van der Waals surface area contributed by atoms with Crippen LogP contribution in [0.3, 0.4) is 0 Å². The smallest absolute Gasteiger partial charge is 0.123 e. The summed E-state index contributed by atoms with van der Waals surface area (Å²) in [6, 6.07) is 6.68. The van der Waals surface area contributed by atoms with Crippen molar-refractivity contribution in [2.75, 3.05) is 6.54 Å². The Hall–Kier alpha value is -0.930. The summed E-state index contributed by atoms with van der Waals surface area (Å²) in [4.78, 5) is 0. The Kier molecular flexibility index (Phi) is 5.17. The van der Waals surface area contributed by atoms with Crippen LogP contribution >= 0.6 is 0 Å². The molecule has 1 aliphatic carbocycles. The molecular formula is C17H26FNO. The predicted molar refractivity (Wildman–Crippen MR) is 80.0 cm³/mol. The number of halogens is 1. The second kappa shape index (κ2) is 6.68. The van der Waals surface area contributed by atoms with E-state index in [4.69, 9.17) is 0 Å². The maximum Gasteiger partial charge on any atom is 0.123 e. The maximum atomic E-state index is 12.9. The highest BCUT2D eigenvalue weighted by Crippen LogP contribution is 2.33. The van der Waals surface area contributed by atoms with Gasteiger partial charge < -0.3 is 10.4 Å². The highest BCUT2D eigenvalue weighted by Gasteiger charge is 2.32. The van der Waals surface area contributed by atoms with Crippen LogP contribution in [-0.4, -0.2) is 17.3 Å². The molecular weight excluding hydrogens is 253 g/mol. The average molecular weight is 279 g/mol. The first-order valence-corrected chi connectivity index (χ1v) is 7.73. The molecule has 2 N–H and O–H groups in total. The molecule has 0 radical (unpaired) electrons. The molecule has 20 heavy (non-hydrogen) atoms. The maximum absolute atomic E-state index is 12.9. The highest BCUT2D eigenvalue weighted by molar-refractivity contribution is 5.19. The van der Waals surface area contributed by atoms with Crippen LogP contribution in [0.4, 0.5) is 4.39 Å². The fourth-order valence-corrected chi connectivity index (χ4v) is 3.01. The number of rotatable bonds is 5. The van der Waals surface area contributed by atoms with E-state index in [1.807, 2.05) is 6.92 Å². The van der Waals surface area contributed by atoms with Gasteiger partial charge in [0.25, 0.3) is 0 Å². The van der Waals surface area contributed by atoms with Gasteiger partial charge in [0.2, 0.25) is 0 Å². The Bertz CT molecular complexity index is 410. The number of hydrogen-bond donors (Lipinski definition) is 2. The van der Waals surface area contributed by atoms with Crippen LogP contribution in [0.1, 0.15) is 57.6 Å². The molecule has 1 aromatic rings. The van der Waals surface area contributed by atoms with Gasteiger partial charge in [0.05, 0.1) is 5.60 Å². The van der Waals surface area contributed by atoms with Gasteiger partial charge in [0.15, 0.2) is 0 Å². The zero-order valence-electron chi connectivity index (χ0n) is 12.5. The van der Waals surface area contributed by atoms with Crippen LogP contribution in [0.5, 0.6) is 0 Å². The molecule has 2 nitrogen and oxygen atoms in total. The van der Waals surface area contributed by atoms with E-state index >= 15 is 0 Å². The van der Waals surface area contributed by atoms with Gasteiger partial charge in [0.1, 0.15) is 5.82 Å². The molecule has 1 fully saturated rings. The fraction of sp³-hybridized carbons (Fsp3) is 0.647. The van der Waals surface area contributed by atoms with Crippen LogP contribution in [0.2, 0.25) is 0 Å². The molecule has 112 valence electrons. The van der Waals surface area contributed by atoms with Crippen molar-refractivity contribution in [3.63, 3.8) is 0 Å². The van der Waals surface area contributed by atoms with Gasteiger partial charge >= 0.3 is 0 Å². The van der Waals surface area contributed by atoms with Crippen LogP contribution in [0.15, 0.2) is 24.3 Å². The first kappa shape index (κ1) is 15.5. The van der Waals surface area contributed by atoms with Crippen LogP contribution in [0.25, 0.3) is 0 Å². The summed E-state index contributed by atoms with van der Waals surface area (Å²) in [6.45, 7) is 4.89. The van der Waals surface area contributed by atoms with E-state index in [1.165, 1.54) is 18.6 Å². The largest absolute Gasteiger partial charge is 0.389 e. The van der Waals surface area contributed by atoms with Crippen LogP contribution in [-0.2, 0) is 0 Å². The Morgan fingerprint density at radius 3 is 2.45 bits per heavy atom. The third kappa shape index (κ3) is 4.03. The molecule has 0 spiro atoms. The third-order valence-electron chi connectivity index (χ3n) is 4.72. The Labute approximate surface area is 121 Å². The van der Waals surface area contributed by atoms with Gasteiger partial charge in [-0.3, -0.25) is 0 Å². The normalized spacial score (nSPS) is 28.3. The second-order valence-electron chi connectivity index (χ2n) is 6.23. The van der Waals surface area contributed by atoms with Crippen molar-refractivity contribution >= 4 is 0 Å². The summed E-state index contributed by atoms with van der Waals surface area (Å²) in [6.07, 6.45) is 5.23. The van der Waals surface area contributed by atoms with Crippen molar-refractivity contribution in [2.24, 2.45) is 5.92 Å². The average Bonchev–Trinajstić information content (AvgIpc) is 2.46. The topological polar surface area (TPSA) is 32.3 Å². The zero-order chi connectivity index (χ0) is 14.6. The molecule has 0 amide bonds. The molecule has 1 aliphatic rings. The van der Waals surface area contributed by atoms with Crippen molar-refractivity contribution in [1.29, 1.82) is 0 Å². The Balaban J connectivity index is 1.84. The molecule has 0 saturated heterocycles. The van der Waals surface area contributed by atoms with E-state index in [0.717, 1.165) is 37.2 Å². The number of nitrogens with one attached hydrogen (secondary N) is 1. The van der Waals surface area contributed by atoms with E-state index in [-0.39, 0.29) is 11.9 Å². The standard InChI is InChI=1S/C17H26FNO/c1-3-14-8-10-17(20,11-9-14)12-19-13(2)15-4-6-16(18)7-5-15/h4-7,13-14,19-20H,3,8-12H2,1-2H3. The lowest BCUT2D eigenvalue weighted by atomic mass is 9.77. The van der Waals surface area contributed by atoms with Gasteiger partial charge in [0, 0.05) is 12.6 Å². The molecule has 1 atom stereocenters. The summed E-state index contributed by atoms with van der Waals surface area (Å²) in [7, 11) is 0. The van der Waals surface area contributed by atoms with E-state index < -0.39 is 5.60 Å². The van der Waals surface area contributed by atoms with Gasteiger partial charge in [-0.25, -0.2) is 4.39 Å². The third-order valence-corrected chi connectivity index (χ3v) is 4.72. The SMILES string of the molecule is CCC1CCC(O)(CNC(C)c2ccc(F)cc2)CC1. The summed E-state index contributed by atoms with van der Waals surface area (Å²) in [5, 5.41) is 14.0. The minimum atomic E-state index is -0.569. The lowest BCUT2D eigenvalue weighted by Gasteiger charge is -2.36. The molecule has 1 aromatic carbocycles. The predicted octanol–water partition coefficient (Wildman–Crippen LogP) is 3.81. The monoisotopic (exact) mass is 279 g/mol. The molecule has 0 aromatic heterocycles.